The second kappa shape index (κ2) is 5.92. The molecule has 0 saturated heterocycles. The van der Waals surface area contributed by atoms with Gasteiger partial charge in [-0.15, -0.1) is 0 Å². The van der Waals surface area contributed by atoms with Crippen molar-refractivity contribution in [3.05, 3.63) is 18.2 Å². The first-order chi connectivity index (χ1) is 9.59. The molecule has 4 nitrogen and oxygen atoms in total. The van der Waals surface area contributed by atoms with E-state index in [2.05, 4.69) is 13.8 Å². The van der Waals surface area contributed by atoms with Crippen LogP contribution in [0.1, 0.15) is 33.1 Å². The average Bonchev–Trinajstić information content (AvgIpc) is 2.47. The fourth-order valence-corrected chi connectivity index (χ4v) is 3.08. The fraction of sp³-hybridized carbons (Fsp3) is 0.625. The first kappa shape index (κ1) is 15.0. The van der Waals surface area contributed by atoms with Crippen LogP contribution >= 0.6 is 0 Å². The summed E-state index contributed by atoms with van der Waals surface area (Å²) in [5.74, 6) is 2.14. The van der Waals surface area contributed by atoms with Gasteiger partial charge < -0.3 is 19.3 Å². The quantitative estimate of drug-likeness (QED) is 0.870. The van der Waals surface area contributed by atoms with E-state index < -0.39 is 0 Å². The van der Waals surface area contributed by atoms with E-state index in [0.717, 1.165) is 18.6 Å². The first-order valence-corrected chi connectivity index (χ1v) is 7.17. The van der Waals surface area contributed by atoms with Gasteiger partial charge in [-0.05, 0) is 12.8 Å². The molecule has 2 unspecified atom stereocenters. The Morgan fingerprint density at radius 1 is 1.05 bits per heavy atom. The Labute approximate surface area is 120 Å². The monoisotopic (exact) mass is 280 g/mol. The highest BCUT2D eigenvalue weighted by atomic mass is 16.5. The van der Waals surface area contributed by atoms with Crippen molar-refractivity contribution >= 4 is 0 Å². The van der Waals surface area contributed by atoms with E-state index in [4.69, 9.17) is 14.2 Å². The Morgan fingerprint density at radius 3 is 1.95 bits per heavy atom. The summed E-state index contributed by atoms with van der Waals surface area (Å²) in [6.07, 6.45) is 2.29. The summed E-state index contributed by atoms with van der Waals surface area (Å²) in [4.78, 5) is 0. The van der Waals surface area contributed by atoms with Gasteiger partial charge in [-0.1, -0.05) is 13.8 Å². The van der Waals surface area contributed by atoms with Gasteiger partial charge in [-0.25, -0.2) is 0 Å². The van der Waals surface area contributed by atoms with Gasteiger partial charge in [0.05, 0.1) is 20.3 Å². The zero-order valence-corrected chi connectivity index (χ0v) is 12.7. The molecule has 0 amide bonds. The van der Waals surface area contributed by atoms with Gasteiger partial charge in [0.15, 0.2) is 0 Å². The molecular weight excluding hydrogens is 256 g/mol. The van der Waals surface area contributed by atoms with Crippen molar-refractivity contribution in [2.24, 2.45) is 5.41 Å². The zero-order valence-electron chi connectivity index (χ0n) is 12.7. The normalized spacial score (nSPS) is 23.9. The summed E-state index contributed by atoms with van der Waals surface area (Å²) in [5.41, 5.74) is -0.129. The molecule has 1 aliphatic carbocycles. The minimum atomic E-state index is -0.269. The summed E-state index contributed by atoms with van der Waals surface area (Å²) < 4.78 is 16.6. The van der Waals surface area contributed by atoms with E-state index in [1.54, 1.807) is 14.2 Å². The molecule has 1 aromatic carbocycles. The summed E-state index contributed by atoms with van der Waals surface area (Å²) in [6.45, 7) is 4.21. The lowest BCUT2D eigenvalue weighted by Gasteiger charge is -2.52. The first-order valence-electron chi connectivity index (χ1n) is 7.17. The zero-order chi connectivity index (χ0) is 14.8. The van der Waals surface area contributed by atoms with Crippen LogP contribution in [0.25, 0.3) is 0 Å². The van der Waals surface area contributed by atoms with Crippen molar-refractivity contribution in [2.75, 3.05) is 14.2 Å². The number of methoxy groups -OCH3 is 2. The van der Waals surface area contributed by atoms with Crippen molar-refractivity contribution in [3.8, 4) is 17.2 Å². The predicted molar refractivity (Wildman–Crippen MR) is 77.6 cm³/mol. The maximum Gasteiger partial charge on any atom is 0.127 e. The lowest BCUT2D eigenvalue weighted by Crippen LogP contribution is -2.59. The Hall–Kier alpha value is -1.42. The standard InChI is InChI=1S/C16H24O4/c1-5-16(6-2)14(17)10-15(16)20-13-8-11(18-3)7-12(9-13)19-4/h7-9,14-15,17H,5-6,10H2,1-4H3. The van der Waals surface area contributed by atoms with Crippen LogP contribution in [0.3, 0.4) is 0 Å². The van der Waals surface area contributed by atoms with Gasteiger partial charge in [-0.3, -0.25) is 0 Å². The van der Waals surface area contributed by atoms with Crippen LogP contribution in [0.5, 0.6) is 17.2 Å². The third kappa shape index (κ3) is 2.44. The van der Waals surface area contributed by atoms with Gasteiger partial charge in [-0.2, -0.15) is 0 Å². The Balaban J connectivity index is 2.18. The maximum atomic E-state index is 10.1. The number of hydrogen-bond donors (Lipinski definition) is 1. The number of aliphatic hydroxyl groups is 1. The molecule has 4 heteroatoms. The van der Waals surface area contributed by atoms with E-state index in [0.29, 0.717) is 17.9 Å². The van der Waals surface area contributed by atoms with Crippen LogP contribution in [-0.4, -0.2) is 31.5 Å². The van der Waals surface area contributed by atoms with E-state index >= 15 is 0 Å². The number of rotatable bonds is 6. The third-order valence-electron chi connectivity index (χ3n) is 4.66. The molecule has 1 saturated carbocycles. The molecule has 2 rings (SSSR count). The molecule has 0 bridgehead atoms. The summed E-state index contributed by atoms with van der Waals surface area (Å²) in [7, 11) is 3.24. The minimum absolute atomic E-state index is 0.0457. The smallest absolute Gasteiger partial charge is 0.127 e. The second-order valence-electron chi connectivity index (χ2n) is 5.35. The third-order valence-corrected chi connectivity index (χ3v) is 4.66. The van der Waals surface area contributed by atoms with Gasteiger partial charge in [0, 0.05) is 30.0 Å². The number of ether oxygens (including phenoxy) is 3. The maximum absolute atomic E-state index is 10.1. The predicted octanol–water partition coefficient (Wildman–Crippen LogP) is 3.02. The fourth-order valence-electron chi connectivity index (χ4n) is 3.08. The molecule has 1 aliphatic rings. The highest BCUT2D eigenvalue weighted by molar-refractivity contribution is 5.42. The van der Waals surface area contributed by atoms with Gasteiger partial charge in [0.25, 0.3) is 0 Å². The molecule has 0 spiro atoms. The Kier molecular flexibility index (Phi) is 4.43. The summed E-state index contributed by atoms with van der Waals surface area (Å²) in [5, 5.41) is 10.1. The van der Waals surface area contributed by atoms with Crippen LogP contribution in [0.4, 0.5) is 0 Å². The lowest BCUT2D eigenvalue weighted by atomic mass is 9.60. The Bertz CT molecular complexity index is 432. The van der Waals surface area contributed by atoms with Crippen molar-refractivity contribution in [1.29, 1.82) is 0 Å². The van der Waals surface area contributed by atoms with E-state index in [-0.39, 0.29) is 17.6 Å². The number of benzene rings is 1. The average molecular weight is 280 g/mol. The molecule has 1 N–H and O–H groups in total. The largest absolute Gasteiger partial charge is 0.496 e. The van der Waals surface area contributed by atoms with Gasteiger partial charge >= 0.3 is 0 Å². The minimum Gasteiger partial charge on any atom is -0.496 e. The lowest BCUT2D eigenvalue weighted by molar-refractivity contribution is -0.159. The number of aliphatic hydroxyl groups excluding tert-OH is 1. The topological polar surface area (TPSA) is 47.9 Å². The van der Waals surface area contributed by atoms with Crippen molar-refractivity contribution in [3.63, 3.8) is 0 Å². The van der Waals surface area contributed by atoms with Crippen LogP contribution in [0.15, 0.2) is 18.2 Å². The molecule has 112 valence electrons. The highest BCUT2D eigenvalue weighted by Gasteiger charge is 2.53. The van der Waals surface area contributed by atoms with E-state index in [9.17, 15) is 5.11 Å². The van der Waals surface area contributed by atoms with Crippen LogP contribution < -0.4 is 14.2 Å². The summed E-state index contributed by atoms with van der Waals surface area (Å²) >= 11 is 0. The van der Waals surface area contributed by atoms with Gasteiger partial charge in [0.1, 0.15) is 23.4 Å². The van der Waals surface area contributed by atoms with Crippen LogP contribution in [0, 0.1) is 5.41 Å². The number of hydrogen-bond acceptors (Lipinski definition) is 4. The van der Waals surface area contributed by atoms with E-state index in [1.807, 2.05) is 18.2 Å². The molecule has 1 fully saturated rings. The molecule has 0 aromatic heterocycles. The summed E-state index contributed by atoms with van der Waals surface area (Å²) in [6, 6.07) is 5.52. The van der Waals surface area contributed by atoms with Crippen LogP contribution in [-0.2, 0) is 0 Å². The van der Waals surface area contributed by atoms with Gasteiger partial charge in [0.2, 0.25) is 0 Å². The molecular formula is C16H24O4. The SMILES string of the molecule is CCC1(CC)C(O)CC1Oc1cc(OC)cc(OC)c1. The molecule has 2 atom stereocenters. The van der Waals surface area contributed by atoms with Crippen molar-refractivity contribution in [2.45, 2.75) is 45.3 Å². The van der Waals surface area contributed by atoms with Crippen molar-refractivity contribution < 1.29 is 19.3 Å². The van der Waals surface area contributed by atoms with E-state index in [1.165, 1.54) is 0 Å². The van der Waals surface area contributed by atoms with Crippen LogP contribution in [0.2, 0.25) is 0 Å². The molecule has 20 heavy (non-hydrogen) atoms. The molecule has 1 aromatic rings. The molecule has 0 heterocycles. The molecule has 0 aliphatic heterocycles. The molecule has 0 radical (unpaired) electrons. The second-order valence-corrected chi connectivity index (χ2v) is 5.35. The van der Waals surface area contributed by atoms with Crippen molar-refractivity contribution in [1.82, 2.24) is 0 Å². The highest BCUT2D eigenvalue weighted by Crippen LogP contribution is 2.49. The Morgan fingerprint density at radius 2 is 1.55 bits per heavy atom.